The first kappa shape index (κ1) is 22.8. The lowest BCUT2D eigenvalue weighted by molar-refractivity contribution is 0.0712. The zero-order valence-corrected chi connectivity index (χ0v) is 20.2. The third-order valence-electron chi connectivity index (χ3n) is 7.07. The van der Waals surface area contributed by atoms with Crippen LogP contribution in [0.1, 0.15) is 48.9 Å². The number of rotatable bonds is 5. The Hall–Kier alpha value is -2.42. The summed E-state index contributed by atoms with van der Waals surface area (Å²) in [6.07, 6.45) is 3.18. The first-order chi connectivity index (χ1) is 15.4. The Labute approximate surface area is 196 Å². The van der Waals surface area contributed by atoms with Gasteiger partial charge in [0.25, 0.3) is 0 Å². The molecule has 170 valence electrons. The first-order valence-corrected chi connectivity index (χ1v) is 11.8. The van der Waals surface area contributed by atoms with Crippen LogP contribution in [0.15, 0.2) is 30.3 Å². The quantitative estimate of drug-likeness (QED) is 0.583. The van der Waals surface area contributed by atoms with Crippen LogP contribution < -0.4 is 14.4 Å². The zero-order valence-electron chi connectivity index (χ0n) is 19.4. The lowest BCUT2D eigenvalue weighted by Crippen LogP contribution is -2.56. The number of methoxy groups -OCH3 is 1. The van der Waals surface area contributed by atoms with Crippen LogP contribution in [0.25, 0.3) is 0 Å². The van der Waals surface area contributed by atoms with Crippen molar-refractivity contribution in [3.63, 3.8) is 0 Å². The Kier molecular flexibility index (Phi) is 6.83. The Morgan fingerprint density at radius 2 is 1.91 bits per heavy atom. The number of anilines is 1. The molecule has 0 saturated carbocycles. The van der Waals surface area contributed by atoms with Gasteiger partial charge in [0.1, 0.15) is 17.6 Å². The van der Waals surface area contributed by atoms with Gasteiger partial charge < -0.3 is 14.4 Å². The van der Waals surface area contributed by atoms with E-state index in [1.54, 1.807) is 14.0 Å². The number of hydrogen-bond acceptors (Lipinski definition) is 5. The molecular weight excluding hydrogens is 422 g/mol. The highest BCUT2D eigenvalue weighted by Gasteiger charge is 2.36. The predicted octanol–water partition coefficient (Wildman–Crippen LogP) is 5.67. The molecule has 2 heterocycles. The summed E-state index contributed by atoms with van der Waals surface area (Å²) in [6.45, 7) is 9.10. The van der Waals surface area contributed by atoms with Crippen molar-refractivity contribution in [2.24, 2.45) is 0 Å². The van der Waals surface area contributed by atoms with Gasteiger partial charge in [0.15, 0.2) is 6.10 Å². The highest BCUT2D eigenvalue weighted by atomic mass is 35.5. The summed E-state index contributed by atoms with van der Waals surface area (Å²) in [7, 11) is 1.66. The Morgan fingerprint density at radius 3 is 2.66 bits per heavy atom. The van der Waals surface area contributed by atoms with Crippen molar-refractivity contribution in [1.82, 2.24) is 4.90 Å². The van der Waals surface area contributed by atoms with Crippen LogP contribution in [0.3, 0.4) is 0 Å². The topological polar surface area (TPSA) is 48.7 Å². The molecular formula is C26H32ClN3O2. The van der Waals surface area contributed by atoms with Gasteiger partial charge in [0, 0.05) is 43.5 Å². The summed E-state index contributed by atoms with van der Waals surface area (Å²) in [4.78, 5) is 5.16. The highest BCUT2D eigenvalue weighted by Crippen LogP contribution is 2.40. The summed E-state index contributed by atoms with van der Waals surface area (Å²) in [5.74, 6) is 1.54. The third kappa shape index (κ3) is 4.40. The number of piperidine rings is 1. The van der Waals surface area contributed by atoms with Crippen molar-refractivity contribution in [3.8, 4) is 17.6 Å². The van der Waals surface area contributed by atoms with E-state index in [9.17, 15) is 0 Å². The predicted molar refractivity (Wildman–Crippen MR) is 129 cm³/mol. The van der Waals surface area contributed by atoms with Crippen LogP contribution in [0.4, 0.5) is 5.69 Å². The molecule has 0 amide bonds. The van der Waals surface area contributed by atoms with Gasteiger partial charge in [-0.3, -0.25) is 4.90 Å². The number of hydrogen-bond donors (Lipinski definition) is 0. The summed E-state index contributed by atoms with van der Waals surface area (Å²) in [6, 6.07) is 13.4. The zero-order chi connectivity index (χ0) is 22.8. The smallest absolute Gasteiger partial charge is 0.181 e. The van der Waals surface area contributed by atoms with E-state index in [1.165, 1.54) is 36.1 Å². The average Bonchev–Trinajstić information content (AvgIpc) is 2.81. The van der Waals surface area contributed by atoms with Gasteiger partial charge >= 0.3 is 0 Å². The summed E-state index contributed by atoms with van der Waals surface area (Å²) in [5, 5.41) is 9.74. The Bertz CT molecular complexity index is 1020. The molecule has 0 aromatic heterocycles. The maximum atomic E-state index is 9.09. The molecule has 2 aliphatic heterocycles. The van der Waals surface area contributed by atoms with E-state index in [2.05, 4.69) is 41.8 Å². The third-order valence-corrected chi connectivity index (χ3v) is 7.38. The van der Waals surface area contributed by atoms with Gasteiger partial charge in [0.2, 0.25) is 0 Å². The summed E-state index contributed by atoms with van der Waals surface area (Å²) in [5.41, 5.74) is 4.99. The molecule has 2 saturated heterocycles. The molecule has 3 atom stereocenters. The van der Waals surface area contributed by atoms with Crippen molar-refractivity contribution < 1.29 is 9.47 Å². The van der Waals surface area contributed by atoms with E-state index in [-0.39, 0.29) is 0 Å². The van der Waals surface area contributed by atoms with Gasteiger partial charge in [-0.15, -0.1) is 0 Å². The fourth-order valence-electron chi connectivity index (χ4n) is 5.19. The minimum Gasteiger partial charge on any atom is -0.495 e. The van der Waals surface area contributed by atoms with Crippen LogP contribution in [0, 0.1) is 25.2 Å². The molecule has 5 nitrogen and oxygen atoms in total. The van der Waals surface area contributed by atoms with E-state index in [0.29, 0.717) is 17.1 Å². The molecule has 0 N–H and O–H groups in total. The lowest BCUT2D eigenvalue weighted by atomic mass is 9.86. The van der Waals surface area contributed by atoms with Gasteiger partial charge in [-0.1, -0.05) is 17.7 Å². The molecule has 0 spiro atoms. The second-order valence-corrected chi connectivity index (χ2v) is 9.30. The van der Waals surface area contributed by atoms with E-state index in [0.717, 1.165) is 36.7 Å². The second kappa shape index (κ2) is 9.60. The van der Waals surface area contributed by atoms with Gasteiger partial charge in [0.05, 0.1) is 12.1 Å². The Balaban J connectivity index is 1.53. The van der Waals surface area contributed by atoms with Crippen molar-refractivity contribution in [1.29, 1.82) is 5.26 Å². The van der Waals surface area contributed by atoms with E-state index in [4.69, 9.17) is 26.3 Å². The number of nitriles is 1. The monoisotopic (exact) mass is 453 g/mol. The van der Waals surface area contributed by atoms with E-state index in [1.807, 2.05) is 18.2 Å². The summed E-state index contributed by atoms with van der Waals surface area (Å²) < 4.78 is 11.2. The fraction of sp³-hybridized carbons (Fsp3) is 0.500. The molecule has 6 heteroatoms. The standard InChI is InChI=1S/C26H32ClN3O2/c1-17(15-28)32-25-11-9-22(18(2)19(25)3)24-7-5-6-21-16-29(12-13-30(21)24)20-8-10-23(27)26(14-20)31-4/h8-11,14,17,21,24H,5-7,12-13,16H2,1-4H3/t17?,21-,24+/m0/s1. The average molecular weight is 454 g/mol. The first-order valence-electron chi connectivity index (χ1n) is 11.4. The fourth-order valence-corrected chi connectivity index (χ4v) is 5.38. The van der Waals surface area contributed by atoms with Gasteiger partial charge in [-0.2, -0.15) is 5.26 Å². The molecule has 0 bridgehead atoms. The molecule has 1 unspecified atom stereocenters. The van der Waals surface area contributed by atoms with E-state index < -0.39 is 6.10 Å². The van der Waals surface area contributed by atoms with Crippen molar-refractivity contribution in [3.05, 3.63) is 52.0 Å². The largest absolute Gasteiger partial charge is 0.495 e. The maximum Gasteiger partial charge on any atom is 0.181 e. The molecule has 0 aliphatic carbocycles. The molecule has 2 aromatic carbocycles. The molecule has 2 aromatic rings. The number of halogens is 1. The number of piperazine rings is 1. The molecule has 2 fully saturated rings. The molecule has 32 heavy (non-hydrogen) atoms. The summed E-state index contributed by atoms with van der Waals surface area (Å²) >= 11 is 6.23. The van der Waals surface area contributed by atoms with Gasteiger partial charge in [-0.25, -0.2) is 0 Å². The van der Waals surface area contributed by atoms with Crippen molar-refractivity contribution in [2.45, 2.75) is 58.2 Å². The van der Waals surface area contributed by atoms with Crippen molar-refractivity contribution in [2.75, 3.05) is 31.6 Å². The highest BCUT2D eigenvalue weighted by molar-refractivity contribution is 6.32. The van der Waals surface area contributed by atoms with Crippen LogP contribution in [-0.4, -0.2) is 43.8 Å². The minimum absolute atomic E-state index is 0.428. The number of ether oxygens (including phenoxy) is 2. The molecule has 4 rings (SSSR count). The second-order valence-electron chi connectivity index (χ2n) is 8.90. The van der Waals surface area contributed by atoms with Crippen LogP contribution in [0.5, 0.6) is 11.5 Å². The maximum absolute atomic E-state index is 9.09. The van der Waals surface area contributed by atoms with Crippen LogP contribution in [-0.2, 0) is 0 Å². The normalized spacial score (nSPS) is 22.1. The van der Waals surface area contributed by atoms with E-state index >= 15 is 0 Å². The molecule has 0 radical (unpaired) electrons. The lowest BCUT2D eigenvalue weighted by Gasteiger charge is -2.49. The number of benzene rings is 2. The van der Waals surface area contributed by atoms with Gasteiger partial charge in [-0.05, 0) is 74.9 Å². The minimum atomic E-state index is -0.447. The van der Waals surface area contributed by atoms with Crippen LogP contribution in [0.2, 0.25) is 5.02 Å². The SMILES string of the molecule is COc1cc(N2CCN3[C@@H](CCC[C@@H]3c3ccc(OC(C)C#N)c(C)c3C)C2)ccc1Cl. The van der Waals surface area contributed by atoms with Crippen molar-refractivity contribution >= 4 is 17.3 Å². The Morgan fingerprint density at radius 1 is 1.09 bits per heavy atom. The molecule has 2 aliphatic rings. The number of fused-ring (bicyclic) bond motifs is 1. The number of nitrogens with zero attached hydrogens (tertiary/aromatic N) is 3. The van der Waals surface area contributed by atoms with Crippen LogP contribution >= 0.6 is 11.6 Å².